The molecule has 2 aromatic carbocycles. The van der Waals surface area contributed by atoms with Gasteiger partial charge in [-0.25, -0.2) is 4.79 Å². The molecular formula is C25H28O11. The van der Waals surface area contributed by atoms with Crippen LogP contribution >= 0.6 is 0 Å². The summed E-state index contributed by atoms with van der Waals surface area (Å²) in [4.78, 5) is 38.5. The van der Waals surface area contributed by atoms with Crippen LogP contribution in [0.5, 0.6) is 23.0 Å². The molecule has 11 heteroatoms. The zero-order chi connectivity index (χ0) is 27.1. The van der Waals surface area contributed by atoms with Crippen LogP contribution in [-0.2, 0) is 4.74 Å². The average Bonchev–Trinajstić information content (AvgIpc) is 2.84. The molecule has 1 unspecified atom stereocenters. The molecule has 0 bridgehead atoms. The molecule has 0 spiro atoms. The fourth-order valence-electron chi connectivity index (χ4n) is 4.72. The highest BCUT2D eigenvalue weighted by Gasteiger charge is 2.43. The topological polar surface area (TPSA) is 191 Å². The second-order valence-electron chi connectivity index (χ2n) is 8.23. The number of rotatable bonds is 4. The number of ketones is 2. The van der Waals surface area contributed by atoms with Crippen LogP contribution in [0.2, 0.25) is 0 Å². The van der Waals surface area contributed by atoms with Gasteiger partial charge in [0.1, 0.15) is 17.1 Å². The second kappa shape index (κ2) is 10.1. The van der Waals surface area contributed by atoms with E-state index in [2.05, 4.69) is 0 Å². The van der Waals surface area contributed by atoms with Gasteiger partial charge in [0.25, 0.3) is 0 Å². The zero-order valence-corrected chi connectivity index (χ0v) is 20.2. The lowest BCUT2D eigenvalue weighted by Crippen LogP contribution is -2.34. The standard InChI is InChI=1S/C23H22O11.C2H6/c1-7-13-10(5-11(33-2)14(7)23(31)32)18(26)16-17(19(13)27)20(28)15(21(29)22(16)30)12-4-8(25)3-9(6-24)34-12;1-2/h5,8-9,12,24-25,28-30H,3-4,6H2,1-2H3,(H,31,32);1-2H3/t8-,9-,12?;/m0./s1. The first-order valence-electron chi connectivity index (χ1n) is 11.3. The maximum atomic E-state index is 13.5. The summed E-state index contributed by atoms with van der Waals surface area (Å²) < 4.78 is 10.7. The highest BCUT2D eigenvalue weighted by molar-refractivity contribution is 6.31. The van der Waals surface area contributed by atoms with Gasteiger partial charge >= 0.3 is 5.97 Å². The Kier molecular flexibility index (Phi) is 7.58. The molecule has 0 amide bonds. The number of fused-ring (bicyclic) bond motifs is 2. The summed E-state index contributed by atoms with van der Waals surface area (Å²) in [5.41, 5.74) is -2.69. The number of aromatic hydroxyl groups is 3. The number of methoxy groups -OCH3 is 1. The van der Waals surface area contributed by atoms with Crippen molar-refractivity contribution < 1.29 is 54.5 Å². The maximum Gasteiger partial charge on any atom is 0.339 e. The van der Waals surface area contributed by atoms with Gasteiger partial charge in [-0.2, -0.15) is 0 Å². The summed E-state index contributed by atoms with van der Waals surface area (Å²) >= 11 is 0. The lowest BCUT2D eigenvalue weighted by molar-refractivity contribution is -0.114. The number of phenols is 3. The Balaban J connectivity index is 0.00000176. The van der Waals surface area contributed by atoms with E-state index in [-0.39, 0.29) is 40.8 Å². The predicted molar refractivity (Wildman–Crippen MR) is 124 cm³/mol. The second-order valence-corrected chi connectivity index (χ2v) is 8.23. The van der Waals surface area contributed by atoms with Crippen molar-refractivity contribution in [2.75, 3.05) is 13.7 Å². The Bertz CT molecular complexity index is 1250. The molecule has 2 aliphatic rings. The molecule has 6 N–H and O–H groups in total. The van der Waals surface area contributed by atoms with E-state index < -0.39 is 76.4 Å². The molecule has 1 heterocycles. The fraction of sp³-hybridized carbons (Fsp3) is 0.400. The van der Waals surface area contributed by atoms with Crippen molar-refractivity contribution in [3.8, 4) is 23.0 Å². The van der Waals surface area contributed by atoms with Crippen LogP contribution in [0.4, 0.5) is 0 Å². The molecule has 4 rings (SSSR count). The Hall–Kier alpha value is -3.67. The maximum absolute atomic E-state index is 13.5. The molecule has 36 heavy (non-hydrogen) atoms. The van der Waals surface area contributed by atoms with Gasteiger partial charge in [0.05, 0.1) is 48.7 Å². The third-order valence-corrected chi connectivity index (χ3v) is 6.26. The van der Waals surface area contributed by atoms with Crippen LogP contribution in [-0.4, -0.2) is 74.1 Å². The van der Waals surface area contributed by atoms with Crippen molar-refractivity contribution in [2.24, 2.45) is 0 Å². The van der Waals surface area contributed by atoms with Crippen LogP contribution in [0.3, 0.4) is 0 Å². The van der Waals surface area contributed by atoms with Crippen molar-refractivity contribution in [3.05, 3.63) is 45.0 Å². The quantitative estimate of drug-likeness (QED) is 0.225. The first kappa shape index (κ1) is 26.9. The third kappa shape index (κ3) is 4.04. The molecule has 0 aromatic heterocycles. The first-order chi connectivity index (χ1) is 17.0. The first-order valence-corrected chi connectivity index (χ1v) is 11.3. The fourth-order valence-corrected chi connectivity index (χ4v) is 4.72. The molecule has 194 valence electrons. The molecule has 11 nitrogen and oxygen atoms in total. The van der Waals surface area contributed by atoms with E-state index in [9.17, 15) is 45.0 Å². The van der Waals surface area contributed by atoms with Crippen LogP contribution in [0, 0.1) is 6.92 Å². The normalized spacial score (nSPS) is 20.7. The van der Waals surface area contributed by atoms with Crippen molar-refractivity contribution in [1.29, 1.82) is 0 Å². The number of carboxylic acid groups (broad SMARTS) is 1. The molecule has 1 fully saturated rings. The van der Waals surface area contributed by atoms with Gasteiger partial charge in [0.15, 0.2) is 23.1 Å². The summed E-state index contributed by atoms with van der Waals surface area (Å²) in [6.45, 7) is 4.85. The van der Waals surface area contributed by atoms with E-state index >= 15 is 0 Å². The van der Waals surface area contributed by atoms with Crippen molar-refractivity contribution in [3.63, 3.8) is 0 Å². The number of aliphatic hydroxyl groups is 2. The average molecular weight is 504 g/mol. The van der Waals surface area contributed by atoms with Crippen LogP contribution in [0.1, 0.15) is 86.1 Å². The Morgan fingerprint density at radius 1 is 1.03 bits per heavy atom. The molecule has 2 aromatic rings. The Morgan fingerprint density at radius 2 is 1.64 bits per heavy atom. The molecule has 1 saturated heterocycles. The smallest absolute Gasteiger partial charge is 0.339 e. The lowest BCUT2D eigenvalue weighted by atomic mass is 9.78. The van der Waals surface area contributed by atoms with E-state index in [0.717, 1.165) is 6.07 Å². The van der Waals surface area contributed by atoms with E-state index in [1.807, 2.05) is 13.8 Å². The van der Waals surface area contributed by atoms with Gasteiger partial charge in [0, 0.05) is 24.0 Å². The number of carbonyl (C=O) groups excluding carboxylic acids is 2. The number of hydrogen-bond acceptors (Lipinski definition) is 10. The Labute approximate surface area is 206 Å². The number of carboxylic acids is 1. The van der Waals surface area contributed by atoms with Crippen LogP contribution in [0.25, 0.3) is 0 Å². The summed E-state index contributed by atoms with van der Waals surface area (Å²) in [6.07, 6.45) is -3.06. The molecule has 0 radical (unpaired) electrons. The van der Waals surface area contributed by atoms with Crippen LogP contribution in [0.15, 0.2) is 6.07 Å². The molecule has 0 saturated carbocycles. The van der Waals surface area contributed by atoms with E-state index in [1.54, 1.807) is 0 Å². The van der Waals surface area contributed by atoms with Crippen molar-refractivity contribution in [1.82, 2.24) is 0 Å². The number of ether oxygens (including phenoxy) is 2. The zero-order valence-electron chi connectivity index (χ0n) is 20.2. The van der Waals surface area contributed by atoms with E-state index in [4.69, 9.17) is 9.47 Å². The van der Waals surface area contributed by atoms with Gasteiger partial charge < -0.3 is 40.1 Å². The van der Waals surface area contributed by atoms with Gasteiger partial charge in [-0.05, 0) is 18.6 Å². The van der Waals surface area contributed by atoms with Crippen molar-refractivity contribution in [2.45, 2.75) is 51.9 Å². The predicted octanol–water partition coefficient (Wildman–Crippen LogP) is 2.19. The number of aromatic carboxylic acids is 1. The van der Waals surface area contributed by atoms with E-state index in [0.29, 0.717) is 0 Å². The third-order valence-electron chi connectivity index (χ3n) is 6.26. The summed E-state index contributed by atoms with van der Waals surface area (Å²) in [5, 5.41) is 61.5. The summed E-state index contributed by atoms with van der Waals surface area (Å²) in [6, 6.07) is 1.06. The SMILES string of the molecule is CC.COc1cc2c(c(C)c1C(=O)O)C(=O)c1c(O)c(C3C[C@@H](O)C[C@@H](CO)O3)c(O)c(O)c1C2=O. The molecule has 1 aliphatic heterocycles. The molecular weight excluding hydrogens is 476 g/mol. The van der Waals surface area contributed by atoms with E-state index in [1.165, 1.54) is 14.0 Å². The largest absolute Gasteiger partial charge is 0.507 e. The number of hydrogen-bond donors (Lipinski definition) is 6. The summed E-state index contributed by atoms with van der Waals surface area (Å²) in [7, 11) is 1.19. The number of phenolic OH excluding ortho intramolecular Hbond substituents is 3. The van der Waals surface area contributed by atoms with Gasteiger partial charge in [-0.15, -0.1) is 0 Å². The Morgan fingerprint density at radius 3 is 2.19 bits per heavy atom. The number of carbonyl (C=O) groups is 3. The van der Waals surface area contributed by atoms with Gasteiger partial charge in [0.2, 0.25) is 0 Å². The molecule has 3 atom stereocenters. The number of aliphatic hydroxyl groups excluding tert-OH is 2. The highest BCUT2D eigenvalue weighted by Crippen LogP contribution is 2.52. The van der Waals surface area contributed by atoms with Gasteiger partial charge in [-0.3, -0.25) is 9.59 Å². The minimum Gasteiger partial charge on any atom is -0.507 e. The minimum absolute atomic E-state index is 0.0796. The minimum atomic E-state index is -1.40. The summed E-state index contributed by atoms with van der Waals surface area (Å²) in [5.74, 6) is -6.21. The monoisotopic (exact) mass is 504 g/mol. The van der Waals surface area contributed by atoms with Crippen LogP contribution < -0.4 is 4.74 Å². The number of benzene rings is 2. The van der Waals surface area contributed by atoms with Crippen molar-refractivity contribution >= 4 is 17.5 Å². The molecule has 1 aliphatic carbocycles. The lowest BCUT2D eigenvalue weighted by Gasteiger charge is -2.34. The van der Waals surface area contributed by atoms with Gasteiger partial charge in [-0.1, -0.05) is 13.8 Å². The highest BCUT2D eigenvalue weighted by atomic mass is 16.5.